The van der Waals surface area contributed by atoms with Gasteiger partial charge in [0.25, 0.3) is 0 Å². The molecule has 0 radical (unpaired) electrons. The number of nitrogens with one attached hydrogen (secondary N) is 2. The minimum atomic E-state index is 0.591. The zero-order valence-corrected chi connectivity index (χ0v) is 20.9. The van der Waals surface area contributed by atoms with Crippen molar-refractivity contribution in [1.82, 2.24) is 24.8 Å². The monoisotopic (exact) mass is 492 g/mol. The van der Waals surface area contributed by atoms with Crippen LogP contribution in [0.25, 0.3) is 33.6 Å². The second kappa shape index (κ2) is 9.81. The van der Waals surface area contributed by atoms with Gasteiger partial charge in [-0.1, -0.05) is 48.5 Å². The molecule has 0 unspecified atom stereocenters. The Hall–Kier alpha value is -4.59. The summed E-state index contributed by atoms with van der Waals surface area (Å²) in [6.45, 7) is 0. The van der Waals surface area contributed by atoms with E-state index < -0.39 is 0 Å². The van der Waals surface area contributed by atoms with E-state index in [2.05, 4.69) is 33.7 Å². The molecule has 0 fully saturated rings. The van der Waals surface area contributed by atoms with E-state index in [9.17, 15) is 0 Å². The van der Waals surface area contributed by atoms with Gasteiger partial charge in [-0.05, 0) is 49.0 Å². The number of ether oxygens (including phenoxy) is 2. The highest BCUT2D eigenvalue weighted by molar-refractivity contribution is 5.91. The van der Waals surface area contributed by atoms with Crippen LogP contribution in [-0.2, 0) is 0 Å². The van der Waals surface area contributed by atoms with Gasteiger partial charge in [0.15, 0.2) is 11.5 Å². The van der Waals surface area contributed by atoms with Gasteiger partial charge in [0.2, 0.25) is 5.88 Å². The number of hydrogen-bond acceptors (Lipinski definition) is 6. The number of nitrogens with zero attached hydrogens (tertiary/aromatic N) is 4. The Kier molecular flexibility index (Phi) is 6.06. The molecule has 0 aliphatic heterocycles. The van der Waals surface area contributed by atoms with E-state index in [0.29, 0.717) is 17.5 Å². The van der Waals surface area contributed by atoms with Crippen LogP contribution in [0.1, 0.15) is 31.2 Å². The normalized spacial score (nSPS) is 13.4. The van der Waals surface area contributed by atoms with Gasteiger partial charge in [-0.25, -0.2) is 4.98 Å². The maximum atomic E-state index is 6.06. The molecule has 2 N–H and O–H groups in total. The molecule has 0 atom stereocenters. The number of rotatable bonds is 7. The quantitative estimate of drug-likeness (QED) is 0.269. The molecule has 1 aliphatic rings. The highest BCUT2D eigenvalue weighted by atomic mass is 16.5. The molecule has 3 aromatic heterocycles. The van der Waals surface area contributed by atoms with E-state index >= 15 is 0 Å². The van der Waals surface area contributed by atoms with Crippen LogP contribution in [0, 0.1) is 0 Å². The van der Waals surface area contributed by atoms with E-state index in [4.69, 9.17) is 19.6 Å². The van der Waals surface area contributed by atoms with Crippen LogP contribution < -0.4 is 14.8 Å². The molecule has 5 aromatic rings. The predicted molar refractivity (Wildman–Crippen MR) is 145 cm³/mol. The third-order valence-electron chi connectivity index (χ3n) is 6.70. The first-order valence-corrected chi connectivity index (χ1v) is 12.4. The summed E-state index contributed by atoms with van der Waals surface area (Å²) in [6.07, 6.45) is 8.51. The Bertz CT molecular complexity index is 1550. The molecule has 0 saturated carbocycles. The molecule has 8 nitrogen and oxygen atoms in total. The van der Waals surface area contributed by atoms with Gasteiger partial charge < -0.3 is 14.8 Å². The number of fused-ring (bicyclic) bond motifs is 1. The van der Waals surface area contributed by atoms with Crippen LogP contribution >= 0.6 is 0 Å². The van der Waals surface area contributed by atoms with Crippen LogP contribution in [0.5, 0.6) is 11.6 Å². The summed E-state index contributed by atoms with van der Waals surface area (Å²) in [6, 6.07) is 20.0. The summed E-state index contributed by atoms with van der Waals surface area (Å²) >= 11 is 0. The van der Waals surface area contributed by atoms with Gasteiger partial charge in [-0.3, -0.25) is 5.10 Å². The van der Waals surface area contributed by atoms with Crippen molar-refractivity contribution in [3.8, 4) is 34.0 Å². The number of aromatic amines is 1. The molecule has 2 aromatic carbocycles. The fourth-order valence-electron chi connectivity index (χ4n) is 4.93. The summed E-state index contributed by atoms with van der Waals surface area (Å²) in [5.41, 5.74) is 6.72. The molecule has 0 bridgehead atoms. The fraction of sp³-hybridized carbons (Fsp3) is 0.207. The average molecular weight is 493 g/mol. The third kappa shape index (κ3) is 4.20. The van der Waals surface area contributed by atoms with Crippen LogP contribution in [0.15, 0.2) is 72.9 Å². The second-order valence-electron chi connectivity index (χ2n) is 8.96. The van der Waals surface area contributed by atoms with Crippen LogP contribution in [0.3, 0.4) is 0 Å². The topological polar surface area (TPSA) is 89.4 Å². The Labute approximate surface area is 215 Å². The van der Waals surface area contributed by atoms with Crippen molar-refractivity contribution in [3.05, 3.63) is 78.5 Å². The number of aromatic nitrogens is 5. The van der Waals surface area contributed by atoms with E-state index in [0.717, 1.165) is 58.6 Å². The zero-order valence-electron chi connectivity index (χ0n) is 20.9. The largest absolute Gasteiger partial charge is 0.497 e. The predicted octanol–water partition coefficient (Wildman–Crippen LogP) is 6.50. The van der Waals surface area contributed by atoms with Gasteiger partial charge in [0.05, 0.1) is 25.3 Å². The smallest absolute Gasteiger partial charge is 0.228 e. The Morgan fingerprint density at radius 1 is 0.892 bits per heavy atom. The van der Waals surface area contributed by atoms with E-state index in [1.54, 1.807) is 20.4 Å². The lowest BCUT2D eigenvalue weighted by atomic mass is 9.92. The Balaban J connectivity index is 1.67. The molecule has 37 heavy (non-hydrogen) atoms. The summed E-state index contributed by atoms with van der Waals surface area (Å²) < 4.78 is 13.3. The lowest BCUT2D eigenvalue weighted by molar-refractivity contribution is 0.387. The number of methoxy groups -OCH3 is 2. The molecule has 8 heteroatoms. The van der Waals surface area contributed by atoms with E-state index in [1.165, 1.54) is 12.0 Å². The first-order chi connectivity index (χ1) is 18.3. The van der Waals surface area contributed by atoms with Gasteiger partial charge in [0, 0.05) is 17.8 Å². The van der Waals surface area contributed by atoms with Crippen molar-refractivity contribution in [2.24, 2.45) is 0 Å². The molecular formula is C29H28N6O2. The minimum Gasteiger partial charge on any atom is -0.497 e. The molecule has 1 aliphatic carbocycles. The van der Waals surface area contributed by atoms with Crippen molar-refractivity contribution in [2.75, 3.05) is 19.5 Å². The molecular weight excluding hydrogens is 464 g/mol. The lowest BCUT2D eigenvalue weighted by Crippen LogP contribution is -2.06. The van der Waals surface area contributed by atoms with Crippen molar-refractivity contribution in [2.45, 2.75) is 25.7 Å². The molecule has 3 heterocycles. The number of H-pyrrole nitrogens is 1. The number of benzene rings is 2. The number of hydrogen-bond donors (Lipinski definition) is 2. The third-order valence-corrected chi connectivity index (χ3v) is 6.70. The molecule has 186 valence electrons. The lowest BCUT2D eigenvalue weighted by Gasteiger charge is -2.17. The number of allylic oxidation sites excluding steroid dienone is 2. The van der Waals surface area contributed by atoms with E-state index in [-0.39, 0.29) is 0 Å². The Morgan fingerprint density at radius 2 is 1.73 bits per heavy atom. The summed E-state index contributed by atoms with van der Waals surface area (Å²) in [5.74, 6) is 2.66. The number of anilines is 2. The average Bonchev–Trinajstić information content (AvgIpc) is 3.61. The van der Waals surface area contributed by atoms with Crippen molar-refractivity contribution in [1.29, 1.82) is 0 Å². The highest BCUT2D eigenvalue weighted by Crippen LogP contribution is 2.43. The van der Waals surface area contributed by atoms with Crippen LogP contribution in [0.4, 0.5) is 11.6 Å². The standard InChI is InChI=1S/C29H28N6O2/c1-36-22-15-13-20(14-16-22)25-27(31-23-17-18-30-33-23)32-28-24(19-9-5-3-6-10-19)26(21-11-7-4-8-12-21)34-35(28)29(25)37-2/h4,7-9,11-18H,3,5-6,10H2,1-2H3,(H2,30,31,32,33). The van der Waals surface area contributed by atoms with Gasteiger partial charge in [0.1, 0.15) is 17.3 Å². The first-order valence-electron chi connectivity index (χ1n) is 12.4. The van der Waals surface area contributed by atoms with Gasteiger partial charge in [-0.2, -0.15) is 14.7 Å². The molecule has 0 amide bonds. The van der Waals surface area contributed by atoms with Crippen molar-refractivity contribution >= 4 is 22.9 Å². The summed E-state index contributed by atoms with van der Waals surface area (Å²) in [4.78, 5) is 5.18. The van der Waals surface area contributed by atoms with Crippen LogP contribution in [-0.4, -0.2) is 39.0 Å². The highest BCUT2D eigenvalue weighted by Gasteiger charge is 2.27. The molecule has 6 rings (SSSR count). The maximum Gasteiger partial charge on any atom is 0.228 e. The Morgan fingerprint density at radius 3 is 2.41 bits per heavy atom. The van der Waals surface area contributed by atoms with E-state index in [1.807, 2.05) is 53.0 Å². The zero-order chi connectivity index (χ0) is 25.2. The van der Waals surface area contributed by atoms with Crippen LogP contribution in [0.2, 0.25) is 0 Å². The minimum absolute atomic E-state index is 0.591. The van der Waals surface area contributed by atoms with Crippen molar-refractivity contribution < 1.29 is 9.47 Å². The maximum absolute atomic E-state index is 6.06. The molecule has 0 saturated heterocycles. The van der Waals surface area contributed by atoms with Crippen molar-refractivity contribution in [3.63, 3.8) is 0 Å². The van der Waals surface area contributed by atoms with Gasteiger partial charge >= 0.3 is 0 Å². The van der Waals surface area contributed by atoms with Gasteiger partial charge in [-0.15, -0.1) is 0 Å². The second-order valence-corrected chi connectivity index (χ2v) is 8.96. The summed E-state index contributed by atoms with van der Waals surface area (Å²) in [5, 5.41) is 15.7. The first kappa shape index (κ1) is 22.8. The summed E-state index contributed by atoms with van der Waals surface area (Å²) in [7, 11) is 3.33. The SMILES string of the molecule is COc1ccc(-c2c(Nc3cc[nH]n3)nc3c(C4=CCCCC4)c(-c4ccccc4)nn3c2OC)cc1. The molecule has 0 spiro atoms. The fourth-order valence-corrected chi connectivity index (χ4v) is 4.93.